The topological polar surface area (TPSA) is 12.0 Å². The zero-order valence-corrected chi connectivity index (χ0v) is 11.8. The number of rotatable bonds is 4. The van der Waals surface area contributed by atoms with Gasteiger partial charge in [-0.2, -0.15) is 11.8 Å². The van der Waals surface area contributed by atoms with Gasteiger partial charge in [0.25, 0.3) is 0 Å². The number of thioether (sulfide) groups is 1. The molecular weight excluding hydrogens is 234 g/mol. The lowest BCUT2D eigenvalue weighted by Crippen LogP contribution is -2.40. The van der Waals surface area contributed by atoms with Crippen molar-refractivity contribution in [2.24, 2.45) is 0 Å². The molecule has 1 fully saturated rings. The first-order chi connectivity index (χ1) is 7.74. The molecule has 0 aliphatic carbocycles. The van der Waals surface area contributed by atoms with Gasteiger partial charge in [0.2, 0.25) is 0 Å². The van der Waals surface area contributed by atoms with Crippen LogP contribution in [0.3, 0.4) is 0 Å². The maximum atomic E-state index is 3.76. The van der Waals surface area contributed by atoms with Crippen LogP contribution in [0.2, 0.25) is 0 Å². The van der Waals surface area contributed by atoms with Crippen molar-refractivity contribution in [2.75, 3.05) is 11.5 Å². The summed E-state index contributed by atoms with van der Waals surface area (Å²) in [4.78, 5) is 2.94. The van der Waals surface area contributed by atoms with Crippen LogP contribution in [0.4, 0.5) is 0 Å². The first kappa shape index (κ1) is 12.5. The van der Waals surface area contributed by atoms with Gasteiger partial charge in [0.1, 0.15) is 0 Å². The van der Waals surface area contributed by atoms with Gasteiger partial charge in [0.15, 0.2) is 0 Å². The van der Waals surface area contributed by atoms with E-state index in [2.05, 4.69) is 43.1 Å². The van der Waals surface area contributed by atoms with Crippen LogP contribution in [0.1, 0.15) is 29.5 Å². The summed E-state index contributed by atoms with van der Waals surface area (Å²) in [6.45, 7) is 4.50. The van der Waals surface area contributed by atoms with Crippen molar-refractivity contribution in [1.29, 1.82) is 0 Å². The zero-order valence-electron chi connectivity index (χ0n) is 10.2. The fourth-order valence-electron chi connectivity index (χ4n) is 2.23. The van der Waals surface area contributed by atoms with E-state index in [4.69, 9.17) is 0 Å². The summed E-state index contributed by atoms with van der Waals surface area (Å²) in [7, 11) is 0. The molecule has 1 aromatic heterocycles. The molecule has 3 heteroatoms. The van der Waals surface area contributed by atoms with E-state index in [9.17, 15) is 0 Å². The molecule has 1 saturated heterocycles. The number of hydrogen-bond acceptors (Lipinski definition) is 3. The Balaban J connectivity index is 1.77. The molecule has 1 nitrogen and oxygen atoms in total. The molecule has 90 valence electrons. The smallest absolute Gasteiger partial charge is 0.0161 e. The summed E-state index contributed by atoms with van der Waals surface area (Å²) in [6, 6.07) is 5.85. The third-order valence-corrected chi connectivity index (χ3v) is 5.22. The van der Waals surface area contributed by atoms with E-state index in [1.165, 1.54) is 40.5 Å². The predicted octanol–water partition coefficient (Wildman–Crippen LogP) is 3.47. The van der Waals surface area contributed by atoms with Crippen LogP contribution in [-0.2, 0) is 6.42 Å². The molecule has 0 saturated carbocycles. The van der Waals surface area contributed by atoms with Crippen LogP contribution in [0, 0.1) is 6.92 Å². The van der Waals surface area contributed by atoms with E-state index >= 15 is 0 Å². The highest BCUT2D eigenvalue weighted by atomic mass is 32.2. The van der Waals surface area contributed by atoms with E-state index in [0.29, 0.717) is 6.04 Å². The maximum absolute atomic E-state index is 3.76. The van der Waals surface area contributed by atoms with Gasteiger partial charge in [-0.05, 0) is 51.0 Å². The molecule has 0 bridgehead atoms. The number of thiophene rings is 1. The largest absolute Gasteiger partial charge is 0.310 e. The van der Waals surface area contributed by atoms with E-state index in [1.807, 2.05) is 11.3 Å². The molecule has 0 amide bonds. The normalized spacial score (nSPS) is 23.2. The highest BCUT2D eigenvalue weighted by Gasteiger charge is 2.16. The Bertz CT molecular complexity index is 315. The highest BCUT2D eigenvalue weighted by molar-refractivity contribution is 7.99. The van der Waals surface area contributed by atoms with Crippen molar-refractivity contribution in [1.82, 2.24) is 5.32 Å². The Morgan fingerprint density at radius 1 is 1.50 bits per heavy atom. The summed E-state index contributed by atoms with van der Waals surface area (Å²) < 4.78 is 0. The van der Waals surface area contributed by atoms with Crippen LogP contribution >= 0.6 is 23.1 Å². The second-order valence-electron chi connectivity index (χ2n) is 4.70. The van der Waals surface area contributed by atoms with E-state index in [0.717, 1.165) is 6.04 Å². The molecule has 1 aliphatic heterocycles. The summed E-state index contributed by atoms with van der Waals surface area (Å²) >= 11 is 4.03. The molecule has 0 spiro atoms. The Morgan fingerprint density at radius 2 is 2.38 bits per heavy atom. The summed E-state index contributed by atoms with van der Waals surface area (Å²) in [5, 5.41) is 3.76. The van der Waals surface area contributed by atoms with Crippen molar-refractivity contribution < 1.29 is 0 Å². The Hall–Kier alpha value is 0.01000. The van der Waals surface area contributed by atoms with Crippen molar-refractivity contribution in [3.05, 3.63) is 21.9 Å². The monoisotopic (exact) mass is 255 g/mol. The average Bonchev–Trinajstić information content (AvgIpc) is 2.65. The molecule has 1 N–H and O–H groups in total. The lowest BCUT2D eigenvalue weighted by Gasteiger charge is -2.26. The standard InChI is InChI=1S/C13H21NS2/c1-10(8-13-6-5-11(2)16-13)14-12-4-3-7-15-9-12/h5-6,10,12,14H,3-4,7-9H2,1-2H3. The van der Waals surface area contributed by atoms with Gasteiger partial charge in [-0.15, -0.1) is 11.3 Å². The highest BCUT2D eigenvalue weighted by Crippen LogP contribution is 2.19. The van der Waals surface area contributed by atoms with Gasteiger partial charge < -0.3 is 5.32 Å². The second-order valence-corrected chi connectivity index (χ2v) is 7.22. The second kappa shape index (κ2) is 6.08. The molecule has 0 radical (unpaired) electrons. The third-order valence-electron chi connectivity index (χ3n) is 2.98. The van der Waals surface area contributed by atoms with E-state index in [-0.39, 0.29) is 0 Å². The molecule has 2 atom stereocenters. The molecule has 1 aromatic rings. The Kier molecular flexibility index (Phi) is 4.74. The number of hydrogen-bond donors (Lipinski definition) is 1. The summed E-state index contributed by atoms with van der Waals surface area (Å²) in [5.74, 6) is 2.66. The third kappa shape index (κ3) is 3.79. The minimum absolute atomic E-state index is 0.613. The van der Waals surface area contributed by atoms with Crippen molar-refractivity contribution in [2.45, 2.75) is 45.2 Å². The van der Waals surface area contributed by atoms with Crippen LogP contribution < -0.4 is 5.32 Å². The zero-order chi connectivity index (χ0) is 11.4. The van der Waals surface area contributed by atoms with Gasteiger partial charge in [0.05, 0.1) is 0 Å². The molecule has 2 unspecified atom stereocenters. The Morgan fingerprint density at radius 3 is 3.00 bits per heavy atom. The van der Waals surface area contributed by atoms with Crippen molar-refractivity contribution in [3.8, 4) is 0 Å². The van der Waals surface area contributed by atoms with Crippen LogP contribution in [0.15, 0.2) is 12.1 Å². The van der Waals surface area contributed by atoms with Crippen LogP contribution in [0.5, 0.6) is 0 Å². The average molecular weight is 255 g/mol. The van der Waals surface area contributed by atoms with Gasteiger partial charge in [0, 0.05) is 27.6 Å². The molecule has 16 heavy (non-hydrogen) atoms. The molecular formula is C13H21NS2. The van der Waals surface area contributed by atoms with Gasteiger partial charge in [-0.3, -0.25) is 0 Å². The van der Waals surface area contributed by atoms with Crippen LogP contribution in [-0.4, -0.2) is 23.6 Å². The lowest BCUT2D eigenvalue weighted by atomic mass is 10.1. The minimum atomic E-state index is 0.613. The van der Waals surface area contributed by atoms with Gasteiger partial charge in [-0.1, -0.05) is 0 Å². The quantitative estimate of drug-likeness (QED) is 0.884. The van der Waals surface area contributed by atoms with Gasteiger partial charge >= 0.3 is 0 Å². The molecule has 0 aromatic carbocycles. The SMILES string of the molecule is Cc1ccc(CC(C)NC2CCCSC2)s1. The lowest BCUT2D eigenvalue weighted by molar-refractivity contribution is 0.442. The van der Waals surface area contributed by atoms with Crippen LogP contribution in [0.25, 0.3) is 0 Å². The Labute approximate surface area is 107 Å². The molecule has 2 rings (SSSR count). The summed E-state index contributed by atoms with van der Waals surface area (Å²) in [6.07, 6.45) is 3.92. The fourth-order valence-corrected chi connectivity index (χ4v) is 4.33. The fraction of sp³-hybridized carbons (Fsp3) is 0.692. The first-order valence-electron chi connectivity index (χ1n) is 6.13. The molecule has 2 heterocycles. The minimum Gasteiger partial charge on any atom is -0.310 e. The van der Waals surface area contributed by atoms with Crippen molar-refractivity contribution >= 4 is 23.1 Å². The van der Waals surface area contributed by atoms with E-state index in [1.54, 1.807) is 0 Å². The predicted molar refractivity (Wildman–Crippen MR) is 75.7 cm³/mol. The van der Waals surface area contributed by atoms with E-state index < -0.39 is 0 Å². The number of nitrogens with one attached hydrogen (secondary N) is 1. The number of aryl methyl sites for hydroxylation is 1. The first-order valence-corrected chi connectivity index (χ1v) is 8.10. The maximum Gasteiger partial charge on any atom is 0.0161 e. The molecule has 1 aliphatic rings. The van der Waals surface area contributed by atoms with Gasteiger partial charge in [-0.25, -0.2) is 0 Å². The summed E-state index contributed by atoms with van der Waals surface area (Å²) in [5.41, 5.74) is 0. The van der Waals surface area contributed by atoms with Crippen molar-refractivity contribution in [3.63, 3.8) is 0 Å².